The van der Waals surface area contributed by atoms with Gasteiger partial charge in [-0.2, -0.15) is 0 Å². The summed E-state index contributed by atoms with van der Waals surface area (Å²) >= 11 is 5.71. The fourth-order valence-corrected chi connectivity index (χ4v) is 5.72. The van der Waals surface area contributed by atoms with Crippen LogP contribution in [0.5, 0.6) is 0 Å². The minimum absolute atomic E-state index is 0.0730. The molecule has 0 spiro atoms. The largest absolute Gasteiger partial charge is 0.462 e. The van der Waals surface area contributed by atoms with E-state index in [4.69, 9.17) is 16.3 Å². The minimum atomic E-state index is -4.56. The quantitative estimate of drug-likeness (QED) is 0.171. The number of ether oxygens (including phenoxy) is 1. The summed E-state index contributed by atoms with van der Waals surface area (Å²) in [5.41, 5.74) is 1.81. The van der Waals surface area contributed by atoms with Gasteiger partial charge in [0.25, 0.3) is 5.91 Å². The number of rotatable bonds is 12. The molecule has 0 aliphatic rings. The maximum atomic E-state index is 14.4. The third-order valence-corrected chi connectivity index (χ3v) is 8.07. The van der Waals surface area contributed by atoms with E-state index in [1.807, 2.05) is 6.07 Å². The topological polar surface area (TPSA) is 102 Å². The first kappa shape index (κ1) is 30.8. The zero-order chi connectivity index (χ0) is 30.1. The number of halogens is 3. The Kier molecular flexibility index (Phi) is 10.4. The first-order chi connectivity index (χ1) is 20.1. The van der Waals surface area contributed by atoms with Crippen molar-refractivity contribution in [2.75, 3.05) is 6.61 Å². The number of nitrogens with one attached hydrogen (secondary N) is 2. The fourth-order valence-electron chi connectivity index (χ4n) is 4.18. The van der Waals surface area contributed by atoms with E-state index in [0.29, 0.717) is 23.3 Å². The van der Waals surface area contributed by atoms with Crippen molar-refractivity contribution in [1.82, 2.24) is 10.0 Å². The molecule has 218 valence electrons. The first-order valence-electron chi connectivity index (χ1n) is 12.9. The number of hydrogen-bond donors (Lipinski definition) is 2. The molecular weight excluding hydrogens is 586 g/mol. The van der Waals surface area contributed by atoms with Gasteiger partial charge < -0.3 is 10.1 Å². The molecule has 0 aliphatic carbocycles. The molecule has 0 saturated heterocycles. The first-order valence-corrected chi connectivity index (χ1v) is 14.8. The van der Waals surface area contributed by atoms with Crippen molar-refractivity contribution in [2.45, 2.75) is 29.8 Å². The average Bonchev–Trinajstić information content (AvgIpc) is 2.98. The zero-order valence-electron chi connectivity index (χ0n) is 22.2. The summed E-state index contributed by atoms with van der Waals surface area (Å²) in [4.78, 5) is 25.3. The lowest BCUT2D eigenvalue weighted by Gasteiger charge is -2.22. The van der Waals surface area contributed by atoms with Gasteiger partial charge in [0.2, 0.25) is 10.0 Å². The summed E-state index contributed by atoms with van der Waals surface area (Å²) in [7, 11) is -4.56. The highest BCUT2D eigenvalue weighted by Crippen LogP contribution is 2.23. The molecule has 4 aromatic carbocycles. The van der Waals surface area contributed by atoms with E-state index in [0.717, 1.165) is 5.56 Å². The van der Waals surface area contributed by atoms with Crippen molar-refractivity contribution in [3.8, 4) is 0 Å². The monoisotopic (exact) mass is 612 g/mol. The second kappa shape index (κ2) is 14.2. The van der Waals surface area contributed by atoms with Gasteiger partial charge >= 0.3 is 5.97 Å². The molecule has 0 heterocycles. The number of carbonyl (C=O) groups is 2. The molecule has 0 saturated carbocycles. The van der Waals surface area contributed by atoms with E-state index in [-0.39, 0.29) is 12.8 Å². The summed E-state index contributed by atoms with van der Waals surface area (Å²) in [6.07, 6.45) is 0.191. The normalized spacial score (nSPS) is 12.7. The van der Waals surface area contributed by atoms with Crippen LogP contribution in [0.1, 0.15) is 21.5 Å². The van der Waals surface area contributed by atoms with Crippen LogP contribution in [0.15, 0.2) is 108 Å². The lowest BCUT2D eigenvalue weighted by Crippen LogP contribution is -2.46. The van der Waals surface area contributed by atoms with Crippen LogP contribution in [-0.2, 0) is 32.4 Å². The van der Waals surface area contributed by atoms with Gasteiger partial charge in [0.15, 0.2) is 0 Å². The summed E-state index contributed by atoms with van der Waals surface area (Å²) in [5.74, 6) is -3.72. The summed E-state index contributed by atoms with van der Waals surface area (Å²) in [6.45, 7) is -0.448. The van der Waals surface area contributed by atoms with Crippen molar-refractivity contribution in [2.24, 2.45) is 0 Å². The molecule has 2 atom stereocenters. The van der Waals surface area contributed by atoms with E-state index < -0.39 is 62.1 Å². The van der Waals surface area contributed by atoms with Gasteiger partial charge in [-0.15, -0.1) is 0 Å². The third-order valence-electron chi connectivity index (χ3n) is 6.25. The zero-order valence-corrected chi connectivity index (χ0v) is 23.7. The van der Waals surface area contributed by atoms with Crippen molar-refractivity contribution in [3.05, 3.63) is 136 Å². The number of carbonyl (C=O) groups excluding carboxylic acids is 2. The van der Waals surface area contributed by atoms with Crippen LogP contribution in [0.3, 0.4) is 0 Å². The van der Waals surface area contributed by atoms with Crippen LogP contribution in [0, 0.1) is 11.6 Å². The molecule has 4 aromatic rings. The van der Waals surface area contributed by atoms with Gasteiger partial charge in [-0.1, -0.05) is 90.5 Å². The molecule has 11 heteroatoms. The Morgan fingerprint density at radius 1 is 0.786 bits per heavy atom. The smallest absolute Gasteiger partial charge is 0.329 e. The number of esters is 1. The second-order valence-corrected chi connectivity index (χ2v) is 11.5. The standard InChI is InChI=1S/C31H27ClF2N2O5S/c32-25-18-29(27(34)19-26(25)33)42(39,40)36-24(16-21-10-4-1-5-11-21)20-41-31(38)28(17-22-12-6-2-7-13-22)35-30(37)23-14-8-3-9-15-23/h1-15,18-19,24,28,36H,16-17,20H2,(H,35,37)/t24-,28+/m0/s1. The molecule has 0 radical (unpaired) electrons. The molecule has 7 nitrogen and oxygen atoms in total. The van der Waals surface area contributed by atoms with Gasteiger partial charge in [-0.05, 0) is 35.7 Å². The predicted molar refractivity (Wildman–Crippen MR) is 154 cm³/mol. The van der Waals surface area contributed by atoms with Crippen LogP contribution >= 0.6 is 11.6 Å². The maximum Gasteiger partial charge on any atom is 0.329 e. The fraction of sp³-hybridized carbons (Fsp3) is 0.161. The van der Waals surface area contributed by atoms with E-state index in [9.17, 15) is 26.8 Å². The van der Waals surface area contributed by atoms with Crippen molar-refractivity contribution >= 4 is 33.5 Å². The third kappa shape index (κ3) is 8.45. The van der Waals surface area contributed by atoms with Gasteiger partial charge in [0, 0.05) is 18.1 Å². The highest BCUT2D eigenvalue weighted by molar-refractivity contribution is 7.89. The van der Waals surface area contributed by atoms with E-state index in [1.54, 1.807) is 84.9 Å². The highest BCUT2D eigenvalue weighted by atomic mass is 35.5. The van der Waals surface area contributed by atoms with Crippen LogP contribution in [0.2, 0.25) is 5.02 Å². The minimum Gasteiger partial charge on any atom is -0.462 e. The van der Waals surface area contributed by atoms with Crippen LogP contribution in [-0.4, -0.2) is 39.0 Å². The second-order valence-electron chi connectivity index (χ2n) is 9.42. The lowest BCUT2D eigenvalue weighted by molar-refractivity contribution is -0.146. The highest BCUT2D eigenvalue weighted by Gasteiger charge is 2.28. The van der Waals surface area contributed by atoms with E-state index in [1.165, 1.54) is 0 Å². The maximum absolute atomic E-state index is 14.4. The Bertz CT molecular complexity index is 1630. The Labute approximate surface area is 247 Å². The Morgan fingerprint density at radius 3 is 1.93 bits per heavy atom. The Hall–Kier alpha value is -4.12. The molecule has 2 N–H and O–H groups in total. The predicted octanol–water partition coefficient (Wildman–Crippen LogP) is 5.09. The van der Waals surface area contributed by atoms with Crippen LogP contribution in [0.25, 0.3) is 0 Å². The number of benzene rings is 4. The van der Waals surface area contributed by atoms with Crippen LogP contribution in [0.4, 0.5) is 8.78 Å². The van der Waals surface area contributed by atoms with Gasteiger partial charge in [-0.3, -0.25) is 4.79 Å². The number of hydrogen-bond acceptors (Lipinski definition) is 5. The molecule has 42 heavy (non-hydrogen) atoms. The summed E-state index contributed by atoms with van der Waals surface area (Å²) in [5, 5.41) is 2.13. The van der Waals surface area contributed by atoms with E-state index >= 15 is 0 Å². The lowest BCUT2D eigenvalue weighted by atomic mass is 10.1. The summed E-state index contributed by atoms with van der Waals surface area (Å²) in [6, 6.07) is 25.0. The number of sulfonamides is 1. The molecule has 4 rings (SSSR count). The Balaban J connectivity index is 1.55. The van der Waals surface area contributed by atoms with Crippen LogP contribution < -0.4 is 10.0 Å². The molecule has 0 unspecified atom stereocenters. The van der Waals surface area contributed by atoms with E-state index in [2.05, 4.69) is 10.0 Å². The van der Waals surface area contributed by atoms with Crippen molar-refractivity contribution in [1.29, 1.82) is 0 Å². The molecule has 0 fully saturated rings. The van der Waals surface area contributed by atoms with Gasteiger partial charge in [0.1, 0.15) is 29.2 Å². The number of amides is 1. The van der Waals surface area contributed by atoms with Gasteiger partial charge in [0.05, 0.1) is 11.1 Å². The molecule has 0 bridgehead atoms. The SMILES string of the molecule is O=C(N[C@H](Cc1ccccc1)C(=O)OC[C@H](Cc1ccccc1)NS(=O)(=O)c1cc(Cl)c(F)cc1F)c1ccccc1. The molecule has 1 amide bonds. The molecule has 0 aromatic heterocycles. The molecular formula is C31H27ClF2N2O5S. The van der Waals surface area contributed by atoms with Crippen molar-refractivity contribution in [3.63, 3.8) is 0 Å². The average molecular weight is 613 g/mol. The Morgan fingerprint density at radius 2 is 1.33 bits per heavy atom. The summed E-state index contributed by atoms with van der Waals surface area (Å²) < 4.78 is 62.2. The molecule has 0 aliphatic heterocycles. The van der Waals surface area contributed by atoms with Gasteiger partial charge in [-0.25, -0.2) is 26.7 Å². The van der Waals surface area contributed by atoms with Crippen molar-refractivity contribution < 1.29 is 31.5 Å².